The molecule has 3 aromatic carbocycles. The Morgan fingerprint density at radius 1 is 1.05 bits per heavy atom. The number of aliphatic hydroxyl groups is 3. The predicted octanol–water partition coefficient (Wildman–Crippen LogP) is 3.76. The molecule has 7 rings (SSSR count). The second-order valence-corrected chi connectivity index (χ2v) is 11.4. The molecule has 0 saturated carbocycles. The van der Waals surface area contributed by atoms with Gasteiger partial charge in [-0.15, -0.1) is 0 Å². The van der Waals surface area contributed by atoms with Crippen LogP contribution in [0.15, 0.2) is 65.1 Å². The average molecular weight is 526 g/mol. The first-order valence-corrected chi connectivity index (χ1v) is 13.3. The predicted molar refractivity (Wildman–Crippen MR) is 143 cm³/mol. The number of ketones is 2. The van der Waals surface area contributed by atoms with Crippen LogP contribution >= 0.6 is 11.8 Å². The second kappa shape index (κ2) is 7.97. The van der Waals surface area contributed by atoms with Gasteiger partial charge in [-0.05, 0) is 48.5 Å². The number of thioether (sulfide) groups is 1. The summed E-state index contributed by atoms with van der Waals surface area (Å²) in [6, 6.07) is 12.1. The Bertz CT molecular complexity index is 1690. The van der Waals surface area contributed by atoms with E-state index in [9.17, 15) is 29.7 Å². The van der Waals surface area contributed by atoms with E-state index in [1.54, 1.807) is 49.4 Å². The fourth-order valence-corrected chi connectivity index (χ4v) is 7.70. The Morgan fingerprint density at radius 2 is 1.84 bits per heavy atom. The number of anilines is 1. The van der Waals surface area contributed by atoms with Gasteiger partial charge >= 0.3 is 0 Å². The summed E-state index contributed by atoms with van der Waals surface area (Å²) in [5, 5.41) is 37.4. The molecule has 0 saturated heterocycles. The zero-order valence-corrected chi connectivity index (χ0v) is 21.1. The van der Waals surface area contributed by atoms with Gasteiger partial charge in [-0.3, -0.25) is 14.4 Å². The highest BCUT2D eigenvalue weighted by Crippen LogP contribution is 2.51. The third-order valence-electron chi connectivity index (χ3n) is 8.40. The Balaban J connectivity index is 1.34. The molecule has 2 bridgehead atoms. The number of hydrogen-bond donors (Lipinski definition) is 4. The lowest BCUT2D eigenvalue weighted by molar-refractivity contribution is -0.142. The van der Waals surface area contributed by atoms with Crippen molar-refractivity contribution in [2.75, 3.05) is 11.9 Å². The van der Waals surface area contributed by atoms with E-state index in [4.69, 9.17) is 0 Å². The summed E-state index contributed by atoms with van der Waals surface area (Å²) >= 11 is 1.04. The summed E-state index contributed by atoms with van der Waals surface area (Å²) in [6.07, 6.45) is 2.44. The van der Waals surface area contributed by atoms with Crippen molar-refractivity contribution in [1.82, 2.24) is 0 Å². The van der Waals surface area contributed by atoms with E-state index in [0.29, 0.717) is 49.4 Å². The van der Waals surface area contributed by atoms with Gasteiger partial charge < -0.3 is 20.6 Å². The van der Waals surface area contributed by atoms with Crippen LogP contribution in [0.2, 0.25) is 0 Å². The summed E-state index contributed by atoms with van der Waals surface area (Å²) in [5.74, 6) is -1.94. The summed E-state index contributed by atoms with van der Waals surface area (Å²) in [4.78, 5) is 40.2. The highest BCUT2D eigenvalue weighted by Gasteiger charge is 2.57. The zero-order chi connectivity index (χ0) is 26.5. The molecular weight excluding hydrogens is 502 g/mol. The van der Waals surface area contributed by atoms with Crippen molar-refractivity contribution in [2.45, 2.75) is 29.6 Å². The fourth-order valence-electron chi connectivity index (χ4n) is 6.57. The van der Waals surface area contributed by atoms with Crippen molar-refractivity contribution in [2.24, 2.45) is 11.8 Å². The molecule has 7 nitrogen and oxygen atoms in total. The minimum absolute atomic E-state index is 0.118. The van der Waals surface area contributed by atoms with Crippen LogP contribution in [0.25, 0.3) is 16.8 Å². The van der Waals surface area contributed by atoms with Crippen LogP contribution in [0.4, 0.5) is 5.69 Å². The number of aliphatic hydroxyl groups excluding tert-OH is 2. The maximum Gasteiger partial charge on any atom is 0.224 e. The summed E-state index contributed by atoms with van der Waals surface area (Å²) in [5.41, 5.74) is 1.93. The molecule has 3 aliphatic carbocycles. The lowest BCUT2D eigenvalue weighted by Gasteiger charge is -2.46. The van der Waals surface area contributed by atoms with Gasteiger partial charge in [0.2, 0.25) is 5.12 Å². The van der Waals surface area contributed by atoms with E-state index in [0.717, 1.165) is 17.1 Å². The number of carbonyl (C=O) groups excluding carboxylic acids is 3. The third-order valence-corrected chi connectivity index (χ3v) is 9.43. The smallest absolute Gasteiger partial charge is 0.224 e. The fraction of sp³-hybridized carbons (Fsp3) is 0.233. The van der Waals surface area contributed by atoms with Crippen LogP contribution in [-0.2, 0) is 10.4 Å². The molecule has 4 aliphatic rings. The standard InChI is InChI=1S/C30H23NO6S/c1-13-10-22(33)30(37)18-5-3-2-4-15(18)26(34)23(13)19(30)12-31-20-8-7-16-25-17(20)11-14-6-9-21(32)27(35)24(14)28(25)38-29(16)36/h2-11,19,21,23,27,31-32,35,37H,12H2,1H3/t19-,21+,23-,27-,30+/m0/s1. The van der Waals surface area contributed by atoms with Crippen molar-refractivity contribution in [3.05, 3.63) is 88.0 Å². The van der Waals surface area contributed by atoms with E-state index in [-0.39, 0.29) is 17.4 Å². The highest BCUT2D eigenvalue weighted by molar-refractivity contribution is 8.14. The number of Topliss-reactive ketones (excluding diaryl/α,β-unsaturated/α-hetero) is 1. The number of benzene rings is 3. The summed E-state index contributed by atoms with van der Waals surface area (Å²) in [7, 11) is 0. The van der Waals surface area contributed by atoms with Gasteiger partial charge in [0.05, 0.1) is 5.92 Å². The number of nitrogens with one attached hydrogen (secondary N) is 1. The van der Waals surface area contributed by atoms with Crippen LogP contribution in [-0.4, -0.2) is 44.7 Å². The van der Waals surface area contributed by atoms with Crippen molar-refractivity contribution < 1.29 is 29.7 Å². The average Bonchev–Trinajstić information content (AvgIpc) is 3.24. The molecule has 0 amide bonds. The molecular formula is C30H23NO6S. The van der Waals surface area contributed by atoms with Gasteiger partial charge in [0, 0.05) is 56.1 Å². The Labute approximate surface area is 221 Å². The monoisotopic (exact) mass is 525 g/mol. The maximum absolute atomic E-state index is 13.5. The molecule has 0 aromatic heterocycles. The highest BCUT2D eigenvalue weighted by atomic mass is 32.2. The van der Waals surface area contributed by atoms with Gasteiger partial charge in [-0.2, -0.15) is 0 Å². The first-order chi connectivity index (χ1) is 18.2. The van der Waals surface area contributed by atoms with Crippen LogP contribution in [0.5, 0.6) is 0 Å². The van der Waals surface area contributed by atoms with Gasteiger partial charge in [0.1, 0.15) is 12.2 Å². The third kappa shape index (κ3) is 2.94. The van der Waals surface area contributed by atoms with E-state index >= 15 is 0 Å². The van der Waals surface area contributed by atoms with E-state index in [1.165, 1.54) is 12.2 Å². The molecule has 8 heteroatoms. The molecule has 0 radical (unpaired) electrons. The minimum Gasteiger partial charge on any atom is -0.386 e. The van der Waals surface area contributed by atoms with Crippen LogP contribution in [0.3, 0.4) is 0 Å². The lowest BCUT2D eigenvalue weighted by atomic mass is 9.58. The Hall–Kier alpha value is -3.56. The molecule has 38 heavy (non-hydrogen) atoms. The largest absolute Gasteiger partial charge is 0.386 e. The van der Waals surface area contributed by atoms with Gasteiger partial charge in [-0.1, -0.05) is 42.0 Å². The van der Waals surface area contributed by atoms with Gasteiger partial charge in [0.15, 0.2) is 17.2 Å². The number of fused-ring (bicyclic) bond motifs is 6. The zero-order valence-electron chi connectivity index (χ0n) is 20.3. The molecule has 0 unspecified atom stereocenters. The van der Waals surface area contributed by atoms with Crippen molar-refractivity contribution in [3.8, 4) is 0 Å². The van der Waals surface area contributed by atoms with Crippen LogP contribution in [0.1, 0.15) is 50.4 Å². The normalized spacial score (nSPS) is 28.8. The quantitative estimate of drug-likeness (QED) is 0.408. The first kappa shape index (κ1) is 23.5. The van der Waals surface area contributed by atoms with Crippen molar-refractivity contribution >= 4 is 51.0 Å². The second-order valence-electron chi connectivity index (χ2n) is 10.4. The Morgan fingerprint density at radius 3 is 2.66 bits per heavy atom. The Kier molecular flexibility index (Phi) is 4.94. The molecule has 0 spiro atoms. The van der Waals surface area contributed by atoms with Gasteiger partial charge in [0.25, 0.3) is 0 Å². The topological polar surface area (TPSA) is 124 Å². The number of rotatable bonds is 3. The maximum atomic E-state index is 13.5. The summed E-state index contributed by atoms with van der Waals surface area (Å²) in [6.45, 7) is 1.89. The van der Waals surface area contributed by atoms with Crippen molar-refractivity contribution in [1.29, 1.82) is 0 Å². The molecule has 3 aromatic rings. The molecule has 5 atom stereocenters. The van der Waals surface area contributed by atoms with Crippen molar-refractivity contribution in [3.63, 3.8) is 0 Å². The molecule has 1 aliphatic heterocycles. The molecule has 0 fully saturated rings. The SMILES string of the molecule is CC1=CC(=O)[C@@]2(O)c3ccccc3C(=O)[C@@H]1[C@@H]2CNc1ccc2c3c(c4c(cc13)C=C[C@@H](O)[C@@H]4O)SC2=O. The van der Waals surface area contributed by atoms with E-state index in [1.807, 2.05) is 6.07 Å². The first-order valence-electron chi connectivity index (χ1n) is 12.4. The minimum atomic E-state index is -1.84. The molecule has 4 N–H and O–H groups in total. The van der Waals surface area contributed by atoms with Crippen LogP contribution < -0.4 is 5.32 Å². The lowest BCUT2D eigenvalue weighted by Crippen LogP contribution is -2.56. The molecule has 190 valence electrons. The molecule has 1 heterocycles. The number of allylic oxidation sites excluding steroid dienone is 1. The van der Waals surface area contributed by atoms with E-state index in [2.05, 4.69) is 5.32 Å². The van der Waals surface area contributed by atoms with Gasteiger partial charge in [-0.25, -0.2) is 0 Å². The van der Waals surface area contributed by atoms with Crippen LogP contribution in [0, 0.1) is 11.8 Å². The number of carbonyl (C=O) groups is 3. The summed E-state index contributed by atoms with van der Waals surface area (Å²) < 4.78 is 0. The number of hydrogen-bond acceptors (Lipinski definition) is 8. The van der Waals surface area contributed by atoms with E-state index < -0.39 is 35.4 Å².